The number of hydrogen-bond donors (Lipinski definition) is 1. The fourth-order valence-electron chi connectivity index (χ4n) is 2.93. The number of ether oxygens (including phenoxy) is 2. The zero-order chi connectivity index (χ0) is 21.8. The molecule has 3 aromatic heterocycles. The van der Waals surface area contributed by atoms with Crippen molar-refractivity contribution in [2.45, 2.75) is 20.8 Å². The minimum Gasteiger partial charge on any atom is -0.493 e. The summed E-state index contributed by atoms with van der Waals surface area (Å²) in [5, 5.41) is 10.3. The third-order valence-electron chi connectivity index (χ3n) is 4.73. The molecule has 7 nitrogen and oxygen atoms in total. The number of pyridine rings is 2. The summed E-state index contributed by atoms with van der Waals surface area (Å²) in [6.07, 6.45) is 5.05. The average Bonchev–Trinajstić information content (AvgIpc) is 2.79. The maximum absolute atomic E-state index is 9.47. The molecule has 0 unspecified atom stereocenters. The minimum absolute atomic E-state index is 0.0429. The molecule has 158 valence electrons. The predicted octanol–water partition coefficient (Wildman–Crippen LogP) is 4.58. The first-order chi connectivity index (χ1) is 14.9. The van der Waals surface area contributed by atoms with Crippen LogP contribution in [0.3, 0.4) is 0 Å². The Morgan fingerprint density at radius 3 is 2.52 bits per heavy atom. The van der Waals surface area contributed by atoms with E-state index in [1.165, 1.54) is 0 Å². The van der Waals surface area contributed by atoms with E-state index in [0.29, 0.717) is 35.4 Å². The van der Waals surface area contributed by atoms with E-state index in [2.05, 4.69) is 19.9 Å². The van der Waals surface area contributed by atoms with E-state index in [-0.39, 0.29) is 12.0 Å². The van der Waals surface area contributed by atoms with Crippen LogP contribution in [-0.2, 0) is 0 Å². The van der Waals surface area contributed by atoms with E-state index >= 15 is 0 Å². The normalized spacial score (nSPS) is 11.5. The third kappa shape index (κ3) is 4.78. The minimum atomic E-state index is -0.332. The van der Waals surface area contributed by atoms with Crippen LogP contribution in [0.25, 0.3) is 22.4 Å². The third-order valence-corrected chi connectivity index (χ3v) is 4.73. The van der Waals surface area contributed by atoms with Crippen LogP contribution in [0.5, 0.6) is 17.2 Å². The Labute approximate surface area is 180 Å². The molecule has 4 aromatic rings. The van der Waals surface area contributed by atoms with Gasteiger partial charge in [-0.15, -0.1) is 0 Å². The van der Waals surface area contributed by atoms with Crippen molar-refractivity contribution in [2.75, 3.05) is 13.2 Å². The van der Waals surface area contributed by atoms with Gasteiger partial charge >= 0.3 is 0 Å². The molecule has 0 aliphatic rings. The quantitative estimate of drug-likeness (QED) is 0.471. The molecule has 4 rings (SSSR count). The van der Waals surface area contributed by atoms with Crippen molar-refractivity contribution in [3.63, 3.8) is 0 Å². The number of aryl methyl sites for hydroxylation is 1. The lowest BCUT2D eigenvalue weighted by Gasteiger charge is -2.22. The van der Waals surface area contributed by atoms with Crippen LogP contribution in [0.2, 0.25) is 0 Å². The van der Waals surface area contributed by atoms with Crippen LogP contribution in [-0.4, -0.2) is 38.3 Å². The predicted molar refractivity (Wildman–Crippen MR) is 118 cm³/mol. The molecule has 0 saturated heterocycles. The van der Waals surface area contributed by atoms with Gasteiger partial charge in [0.1, 0.15) is 11.5 Å². The van der Waals surface area contributed by atoms with Crippen molar-refractivity contribution < 1.29 is 14.6 Å². The number of fused-ring (bicyclic) bond motifs is 1. The summed E-state index contributed by atoms with van der Waals surface area (Å²) >= 11 is 0. The molecule has 3 heterocycles. The molecule has 0 saturated carbocycles. The van der Waals surface area contributed by atoms with Gasteiger partial charge in [0.05, 0.1) is 18.7 Å². The van der Waals surface area contributed by atoms with E-state index in [1.54, 1.807) is 30.7 Å². The molecule has 0 atom stereocenters. The lowest BCUT2D eigenvalue weighted by molar-refractivity contribution is 0.0976. The second-order valence-corrected chi connectivity index (χ2v) is 8.07. The van der Waals surface area contributed by atoms with Gasteiger partial charge in [0.2, 0.25) is 0 Å². The van der Waals surface area contributed by atoms with Crippen molar-refractivity contribution in [1.82, 2.24) is 19.9 Å². The smallest absolute Gasteiger partial charge is 0.181 e. The second-order valence-electron chi connectivity index (χ2n) is 8.07. The van der Waals surface area contributed by atoms with Crippen molar-refractivity contribution in [1.29, 1.82) is 0 Å². The molecular weight excluding hydrogens is 392 g/mol. The molecule has 1 N–H and O–H groups in total. The molecule has 0 spiro atoms. The highest BCUT2D eigenvalue weighted by Crippen LogP contribution is 2.35. The summed E-state index contributed by atoms with van der Waals surface area (Å²) in [7, 11) is 0. The Kier molecular flexibility index (Phi) is 5.77. The maximum atomic E-state index is 9.47. The molecule has 0 fully saturated rings. The molecule has 1 aromatic carbocycles. The highest BCUT2D eigenvalue weighted by Gasteiger charge is 2.18. The van der Waals surface area contributed by atoms with Crippen LogP contribution in [0, 0.1) is 12.3 Å². The monoisotopic (exact) mass is 416 g/mol. The summed E-state index contributed by atoms with van der Waals surface area (Å²) in [5.74, 6) is 2.35. The van der Waals surface area contributed by atoms with Gasteiger partial charge in [-0.25, -0.2) is 15.0 Å². The fourth-order valence-corrected chi connectivity index (χ4v) is 2.93. The number of aliphatic hydroxyl groups excluding tert-OH is 1. The topological polar surface area (TPSA) is 90.2 Å². The van der Waals surface area contributed by atoms with Gasteiger partial charge in [0.25, 0.3) is 0 Å². The van der Waals surface area contributed by atoms with E-state index in [1.807, 2.05) is 51.1 Å². The first-order valence-electron chi connectivity index (χ1n) is 10.0. The van der Waals surface area contributed by atoms with E-state index in [4.69, 9.17) is 9.47 Å². The lowest BCUT2D eigenvalue weighted by Crippen LogP contribution is -2.25. The van der Waals surface area contributed by atoms with Crippen molar-refractivity contribution in [2.24, 2.45) is 5.41 Å². The van der Waals surface area contributed by atoms with E-state index < -0.39 is 0 Å². The Morgan fingerprint density at radius 1 is 0.935 bits per heavy atom. The van der Waals surface area contributed by atoms with Crippen LogP contribution in [0.1, 0.15) is 19.5 Å². The Hall–Kier alpha value is -3.58. The second kappa shape index (κ2) is 8.65. The summed E-state index contributed by atoms with van der Waals surface area (Å²) in [5.41, 5.74) is 1.87. The molecule has 7 heteroatoms. The molecule has 0 aliphatic carbocycles. The molecule has 0 amide bonds. The van der Waals surface area contributed by atoms with Gasteiger partial charge in [0, 0.05) is 35.1 Å². The SMILES string of the molecule is Cc1ccc(Oc2ccnc3ccc(OCC(C)(C)CO)cc23)c(-c2ncccn2)n1. The summed E-state index contributed by atoms with van der Waals surface area (Å²) in [6, 6.07) is 13.0. The van der Waals surface area contributed by atoms with Gasteiger partial charge in [-0.3, -0.25) is 4.98 Å². The first-order valence-corrected chi connectivity index (χ1v) is 10.0. The Bertz CT molecular complexity index is 1200. The van der Waals surface area contributed by atoms with Crippen LogP contribution in [0.15, 0.2) is 61.1 Å². The van der Waals surface area contributed by atoms with Crippen molar-refractivity contribution >= 4 is 10.9 Å². The number of hydrogen-bond acceptors (Lipinski definition) is 7. The van der Waals surface area contributed by atoms with Crippen molar-refractivity contribution in [3.05, 3.63) is 66.7 Å². The molecule has 31 heavy (non-hydrogen) atoms. The van der Waals surface area contributed by atoms with Gasteiger partial charge < -0.3 is 14.6 Å². The molecule has 0 bridgehead atoms. The number of aromatic nitrogens is 4. The van der Waals surface area contributed by atoms with Gasteiger partial charge in [-0.2, -0.15) is 0 Å². The van der Waals surface area contributed by atoms with Crippen molar-refractivity contribution in [3.8, 4) is 28.8 Å². The standard InChI is InChI=1S/C24H24N4O3/c1-16-5-8-21(22(28-16)23-26-10-4-11-27-23)31-20-9-12-25-19-7-6-17(13-18(19)20)30-15-24(2,3)14-29/h4-13,29H,14-15H2,1-3H3. The number of nitrogens with zero attached hydrogens (tertiary/aromatic N) is 4. The van der Waals surface area contributed by atoms with E-state index in [9.17, 15) is 5.11 Å². The van der Waals surface area contributed by atoms with E-state index in [0.717, 1.165) is 16.6 Å². The first kappa shape index (κ1) is 20.7. The summed E-state index contributed by atoms with van der Waals surface area (Å²) < 4.78 is 12.2. The summed E-state index contributed by atoms with van der Waals surface area (Å²) in [6.45, 7) is 6.24. The molecule has 0 aliphatic heterocycles. The Balaban J connectivity index is 1.70. The van der Waals surface area contributed by atoms with Gasteiger partial charge in [0.15, 0.2) is 17.3 Å². The average molecular weight is 416 g/mol. The zero-order valence-corrected chi connectivity index (χ0v) is 17.7. The van der Waals surface area contributed by atoms with Crippen LogP contribution in [0.4, 0.5) is 0 Å². The highest BCUT2D eigenvalue weighted by atomic mass is 16.5. The largest absolute Gasteiger partial charge is 0.493 e. The zero-order valence-electron chi connectivity index (χ0n) is 17.7. The van der Waals surface area contributed by atoms with Crippen LogP contribution >= 0.6 is 0 Å². The fraction of sp³-hybridized carbons (Fsp3) is 0.250. The maximum Gasteiger partial charge on any atom is 0.181 e. The van der Waals surface area contributed by atoms with Gasteiger partial charge in [-0.1, -0.05) is 13.8 Å². The summed E-state index contributed by atoms with van der Waals surface area (Å²) in [4.78, 5) is 17.7. The number of aliphatic hydroxyl groups is 1. The lowest BCUT2D eigenvalue weighted by atomic mass is 9.96. The molecular formula is C24H24N4O3. The Morgan fingerprint density at radius 2 is 1.74 bits per heavy atom. The molecule has 0 radical (unpaired) electrons. The number of benzene rings is 1. The van der Waals surface area contributed by atoms with Gasteiger partial charge in [-0.05, 0) is 49.4 Å². The highest BCUT2D eigenvalue weighted by molar-refractivity contribution is 5.86. The van der Waals surface area contributed by atoms with Crippen LogP contribution < -0.4 is 9.47 Å². The number of rotatable bonds is 7.